The molecule has 0 aromatic rings. The molecule has 2 fully saturated rings. The summed E-state index contributed by atoms with van der Waals surface area (Å²) in [5.74, 6) is 2.83. The summed E-state index contributed by atoms with van der Waals surface area (Å²) in [6.07, 6.45) is 8.71. The zero-order chi connectivity index (χ0) is 13.0. The Hall–Kier alpha value is -0.0800. The highest BCUT2D eigenvalue weighted by atomic mass is 15.1. The van der Waals surface area contributed by atoms with E-state index in [1.54, 1.807) is 0 Å². The van der Waals surface area contributed by atoms with Crippen LogP contribution in [0.3, 0.4) is 0 Å². The van der Waals surface area contributed by atoms with Gasteiger partial charge in [-0.2, -0.15) is 0 Å². The van der Waals surface area contributed by atoms with Gasteiger partial charge in [0.25, 0.3) is 0 Å². The van der Waals surface area contributed by atoms with Crippen molar-refractivity contribution in [2.24, 2.45) is 17.8 Å². The van der Waals surface area contributed by atoms with E-state index < -0.39 is 0 Å². The van der Waals surface area contributed by atoms with Crippen LogP contribution in [0.15, 0.2) is 0 Å². The lowest BCUT2D eigenvalue weighted by molar-refractivity contribution is 0.136. The average molecular weight is 252 g/mol. The van der Waals surface area contributed by atoms with E-state index in [1.807, 2.05) is 0 Å². The highest BCUT2D eigenvalue weighted by Crippen LogP contribution is 2.30. The predicted octanol–water partition coefficient (Wildman–Crippen LogP) is 3.13. The van der Waals surface area contributed by atoms with E-state index in [9.17, 15) is 0 Å². The Balaban J connectivity index is 1.65. The minimum atomic E-state index is 0.747. The smallest absolute Gasteiger partial charge is 0.0114 e. The molecule has 1 saturated carbocycles. The first kappa shape index (κ1) is 14.3. The summed E-state index contributed by atoms with van der Waals surface area (Å²) in [6, 6.07) is 0.747. The normalized spacial score (nSPS) is 38.8. The molecular weight excluding hydrogens is 220 g/mol. The van der Waals surface area contributed by atoms with Crippen molar-refractivity contribution in [1.29, 1.82) is 0 Å². The van der Waals surface area contributed by atoms with Crippen LogP contribution in [0.25, 0.3) is 0 Å². The molecule has 2 rings (SSSR count). The van der Waals surface area contributed by atoms with Gasteiger partial charge in [0.15, 0.2) is 0 Å². The monoisotopic (exact) mass is 252 g/mol. The third-order valence-electron chi connectivity index (χ3n) is 5.35. The summed E-state index contributed by atoms with van der Waals surface area (Å²) in [5.41, 5.74) is 0. The molecule has 2 heteroatoms. The van der Waals surface area contributed by atoms with E-state index >= 15 is 0 Å². The SMILES string of the molecule is CNC1CCN(CCC2CCC(C)CC2)CC1C. The van der Waals surface area contributed by atoms with Gasteiger partial charge in [0.05, 0.1) is 0 Å². The second kappa shape index (κ2) is 6.91. The van der Waals surface area contributed by atoms with Crippen LogP contribution in [-0.4, -0.2) is 37.6 Å². The second-order valence-electron chi connectivity index (χ2n) is 6.88. The fraction of sp³-hybridized carbons (Fsp3) is 1.00. The van der Waals surface area contributed by atoms with Crippen LogP contribution in [0, 0.1) is 17.8 Å². The van der Waals surface area contributed by atoms with E-state index in [4.69, 9.17) is 0 Å². The zero-order valence-corrected chi connectivity index (χ0v) is 12.6. The summed E-state index contributed by atoms with van der Waals surface area (Å²) >= 11 is 0. The molecule has 2 atom stereocenters. The summed E-state index contributed by atoms with van der Waals surface area (Å²) in [5, 5.41) is 3.46. The number of hydrogen-bond donors (Lipinski definition) is 1. The average Bonchev–Trinajstić information content (AvgIpc) is 2.38. The lowest BCUT2D eigenvalue weighted by Crippen LogP contribution is -2.47. The molecule has 0 radical (unpaired) electrons. The van der Waals surface area contributed by atoms with Gasteiger partial charge in [-0.25, -0.2) is 0 Å². The van der Waals surface area contributed by atoms with Crippen molar-refractivity contribution in [1.82, 2.24) is 10.2 Å². The fourth-order valence-electron chi connectivity index (χ4n) is 3.85. The number of hydrogen-bond acceptors (Lipinski definition) is 2. The number of piperidine rings is 1. The molecular formula is C16H32N2. The van der Waals surface area contributed by atoms with Crippen LogP contribution in [-0.2, 0) is 0 Å². The van der Waals surface area contributed by atoms with Crippen LogP contribution < -0.4 is 5.32 Å². The number of likely N-dealkylation sites (tertiary alicyclic amines) is 1. The van der Waals surface area contributed by atoms with E-state index in [2.05, 4.69) is 31.1 Å². The molecule has 1 heterocycles. The number of nitrogens with zero attached hydrogens (tertiary/aromatic N) is 1. The molecule has 2 aliphatic rings. The Labute approximate surface area is 114 Å². The minimum absolute atomic E-state index is 0.747. The lowest BCUT2D eigenvalue weighted by Gasteiger charge is -2.37. The molecule has 18 heavy (non-hydrogen) atoms. The maximum atomic E-state index is 3.46. The maximum Gasteiger partial charge on any atom is 0.0114 e. The van der Waals surface area contributed by atoms with Gasteiger partial charge in [-0.15, -0.1) is 0 Å². The molecule has 1 aliphatic carbocycles. The summed E-state index contributed by atoms with van der Waals surface area (Å²) in [6.45, 7) is 8.77. The summed E-state index contributed by atoms with van der Waals surface area (Å²) in [7, 11) is 2.11. The van der Waals surface area contributed by atoms with Crippen molar-refractivity contribution in [3.8, 4) is 0 Å². The minimum Gasteiger partial charge on any atom is -0.317 e. The Morgan fingerprint density at radius 3 is 2.39 bits per heavy atom. The molecule has 2 nitrogen and oxygen atoms in total. The highest BCUT2D eigenvalue weighted by Gasteiger charge is 2.25. The first-order valence-corrected chi connectivity index (χ1v) is 8.08. The third-order valence-corrected chi connectivity index (χ3v) is 5.35. The second-order valence-corrected chi connectivity index (χ2v) is 6.88. The molecule has 106 valence electrons. The van der Waals surface area contributed by atoms with Crippen molar-refractivity contribution < 1.29 is 0 Å². The Morgan fingerprint density at radius 1 is 1.06 bits per heavy atom. The van der Waals surface area contributed by atoms with Gasteiger partial charge in [0, 0.05) is 12.6 Å². The lowest BCUT2D eigenvalue weighted by atomic mass is 9.81. The molecule has 1 aliphatic heterocycles. The first-order chi connectivity index (χ1) is 8.69. The Morgan fingerprint density at radius 2 is 1.78 bits per heavy atom. The van der Waals surface area contributed by atoms with Crippen LogP contribution in [0.4, 0.5) is 0 Å². The third kappa shape index (κ3) is 3.96. The zero-order valence-electron chi connectivity index (χ0n) is 12.6. The van der Waals surface area contributed by atoms with E-state index in [0.717, 1.165) is 23.8 Å². The van der Waals surface area contributed by atoms with Crippen molar-refractivity contribution in [3.05, 3.63) is 0 Å². The molecule has 2 unspecified atom stereocenters. The Bertz CT molecular complexity index is 233. The highest BCUT2D eigenvalue weighted by molar-refractivity contribution is 4.82. The van der Waals surface area contributed by atoms with Crippen molar-refractivity contribution in [3.63, 3.8) is 0 Å². The largest absolute Gasteiger partial charge is 0.317 e. The molecule has 0 spiro atoms. The number of nitrogens with one attached hydrogen (secondary N) is 1. The van der Waals surface area contributed by atoms with Crippen molar-refractivity contribution in [2.75, 3.05) is 26.7 Å². The number of rotatable bonds is 4. The molecule has 0 bridgehead atoms. The predicted molar refractivity (Wildman–Crippen MR) is 78.8 cm³/mol. The van der Waals surface area contributed by atoms with Crippen LogP contribution in [0.1, 0.15) is 52.4 Å². The first-order valence-electron chi connectivity index (χ1n) is 8.08. The van der Waals surface area contributed by atoms with Crippen LogP contribution in [0.2, 0.25) is 0 Å². The summed E-state index contributed by atoms with van der Waals surface area (Å²) < 4.78 is 0. The van der Waals surface area contributed by atoms with Crippen LogP contribution in [0.5, 0.6) is 0 Å². The standard InChI is InChI=1S/C16H32N2/c1-13-4-6-15(7-5-13)8-10-18-11-9-16(17-3)14(2)12-18/h13-17H,4-12H2,1-3H3. The summed E-state index contributed by atoms with van der Waals surface area (Å²) in [4.78, 5) is 2.70. The van der Waals surface area contributed by atoms with Crippen molar-refractivity contribution in [2.45, 2.75) is 58.4 Å². The molecule has 1 N–H and O–H groups in total. The molecule has 1 saturated heterocycles. The van der Waals surface area contributed by atoms with E-state index in [-0.39, 0.29) is 0 Å². The maximum absolute atomic E-state index is 3.46. The van der Waals surface area contributed by atoms with Gasteiger partial charge >= 0.3 is 0 Å². The Kier molecular flexibility index (Phi) is 5.50. The molecule has 0 amide bonds. The van der Waals surface area contributed by atoms with Crippen LogP contribution >= 0.6 is 0 Å². The molecule has 0 aromatic carbocycles. The fourth-order valence-corrected chi connectivity index (χ4v) is 3.85. The van der Waals surface area contributed by atoms with Gasteiger partial charge < -0.3 is 10.2 Å². The molecule has 0 aromatic heterocycles. The van der Waals surface area contributed by atoms with Crippen molar-refractivity contribution >= 4 is 0 Å². The topological polar surface area (TPSA) is 15.3 Å². The van der Waals surface area contributed by atoms with E-state index in [1.165, 1.54) is 58.2 Å². The van der Waals surface area contributed by atoms with E-state index in [0.29, 0.717) is 0 Å². The van der Waals surface area contributed by atoms with Gasteiger partial charge in [-0.1, -0.05) is 39.5 Å². The van der Waals surface area contributed by atoms with Gasteiger partial charge in [-0.05, 0) is 50.7 Å². The van der Waals surface area contributed by atoms with Gasteiger partial charge in [0.1, 0.15) is 0 Å². The van der Waals surface area contributed by atoms with Gasteiger partial charge in [0.2, 0.25) is 0 Å². The van der Waals surface area contributed by atoms with Gasteiger partial charge in [-0.3, -0.25) is 0 Å². The quantitative estimate of drug-likeness (QED) is 0.827.